The minimum Gasteiger partial charge on any atom is -0.375 e. The molecule has 2 aromatic carbocycles. The van der Waals surface area contributed by atoms with E-state index in [-0.39, 0.29) is 5.41 Å². The summed E-state index contributed by atoms with van der Waals surface area (Å²) in [5.74, 6) is 0. The van der Waals surface area contributed by atoms with Crippen molar-refractivity contribution in [2.45, 2.75) is 31.1 Å². The summed E-state index contributed by atoms with van der Waals surface area (Å²) in [6, 6.07) is 19.7. The Kier molecular flexibility index (Phi) is 4.87. The van der Waals surface area contributed by atoms with E-state index in [0.29, 0.717) is 0 Å². The molecule has 2 aliphatic rings. The van der Waals surface area contributed by atoms with Gasteiger partial charge in [-0.25, -0.2) is 0 Å². The highest BCUT2D eigenvalue weighted by Gasteiger charge is 2.39. The normalized spacial score (nSPS) is 23.8. The van der Waals surface area contributed by atoms with Crippen molar-refractivity contribution in [3.63, 3.8) is 0 Å². The third-order valence-corrected chi connectivity index (χ3v) is 6.23. The summed E-state index contributed by atoms with van der Waals surface area (Å²) in [4.78, 5) is 3.53. The van der Waals surface area contributed by atoms with Crippen molar-refractivity contribution < 1.29 is 0 Å². The zero-order valence-electron chi connectivity index (χ0n) is 14.7. The minimum absolute atomic E-state index is 0.00237. The van der Waals surface area contributed by atoms with E-state index in [1.807, 2.05) is 0 Å². The highest BCUT2D eigenvalue weighted by Crippen LogP contribution is 2.40. The number of thiocarbonyl (C=S) groups is 1. The van der Waals surface area contributed by atoms with Crippen LogP contribution in [0.3, 0.4) is 0 Å². The van der Waals surface area contributed by atoms with E-state index in [0.717, 1.165) is 24.5 Å². The summed E-state index contributed by atoms with van der Waals surface area (Å²) >= 11 is 5.60. The fourth-order valence-electron chi connectivity index (χ4n) is 4.43. The molecule has 3 heteroatoms. The van der Waals surface area contributed by atoms with Crippen LogP contribution in [0.4, 0.5) is 0 Å². The minimum atomic E-state index is -0.00237. The molecule has 4 rings (SSSR count). The molecular formula is C22H26N2S. The largest absolute Gasteiger partial charge is 0.375 e. The average Bonchev–Trinajstić information content (AvgIpc) is 2.70. The van der Waals surface area contributed by atoms with Gasteiger partial charge in [0, 0.05) is 17.5 Å². The van der Waals surface area contributed by atoms with Gasteiger partial charge in [-0.2, -0.15) is 0 Å². The van der Waals surface area contributed by atoms with Crippen LogP contribution in [0.1, 0.15) is 42.4 Å². The lowest BCUT2D eigenvalue weighted by molar-refractivity contribution is 0.210. The summed E-state index contributed by atoms with van der Waals surface area (Å²) in [7, 11) is 0. The molecule has 0 saturated carbocycles. The Morgan fingerprint density at radius 2 is 1.64 bits per heavy atom. The fourth-order valence-corrected chi connectivity index (χ4v) is 4.68. The molecule has 0 bridgehead atoms. The van der Waals surface area contributed by atoms with Gasteiger partial charge >= 0.3 is 0 Å². The Morgan fingerprint density at radius 3 is 2.44 bits per heavy atom. The smallest absolute Gasteiger partial charge is 0.106 e. The van der Waals surface area contributed by atoms with Crippen molar-refractivity contribution in [1.29, 1.82) is 0 Å². The topological polar surface area (TPSA) is 15.3 Å². The number of nitrogens with zero attached hydrogens (tertiary/aromatic N) is 1. The monoisotopic (exact) mass is 350 g/mol. The number of benzene rings is 2. The molecule has 1 saturated heterocycles. The van der Waals surface area contributed by atoms with Crippen LogP contribution in [0.5, 0.6) is 0 Å². The van der Waals surface area contributed by atoms with Crippen LogP contribution >= 0.6 is 12.2 Å². The van der Waals surface area contributed by atoms with E-state index in [4.69, 9.17) is 12.2 Å². The van der Waals surface area contributed by atoms with Crippen molar-refractivity contribution in [1.82, 2.24) is 10.2 Å². The van der Waals surface area contributed by atoms with Crippen LogP contribution in [0.15, 0.2) is 54.6 Å². The first kappa shape index (κ1) is 16.7. The van der Waals surface area contributed by atoms with Crippen LogP contribution in [-0.4, -0.2) is 36.1 Å². The van der Waals surface area contributed by atoms with E-state index in [9.17, 15) is 0 Å². The maximum absolute atomic E-state index is 5.60. The molecule has 0 spiro atoms. The maximum atomic E-state index is 5.60. The molecular weight excluding hydrogens is 324 g/mol. The van der Waals surface area contributed by atoms with Crippen molar-refractivity contribution in [2.75, 3.05) is 26.2 Å². The molecule has 130 valence electrons. The van der Waals surface area contributed by atoms with E-state index < -0.39 is 0 Å². The van der Waals surface area contributed by atoms with Crippen LogP contribution in [0, 0.1) is 0 Å². The van der Waals surface area contributed by atoms with E-state index in [1.54, 1.807) is 0 Å². The molecule has 2 aliphatic heterocycles. The Balaban J connectivity index is 1.72. The number of hydrogen-bond acceptors (Lipinski definition) is 2. The van der Waals surface area contributed by atoms with E-state index in [1.165, 1.54) is 49.0 Å². The van der Waals surface area contributed by atoms with Gasteiger partial charge in [-0.05, 0) is 50.0 Å². The second-order valence-corrected chi connectivity index (χ2v) is 7.74. The molecule has 2 heterocycles. The van der Waals surface area contributed by atoms with E-state index in [2.05, 4.69) is 64.8 Å². The molecule has 0 radical (unpaired) electrons. The first-order chi connectivity index (χ1) is 12.3. The predicted molar refractivity (Wildman–Crippen MR) is 108 cm³/mol. The lowest BCUT2D eigenvalue weighted by atomic mass is 9.68. The highest BCUT2D eigenvalue weighted by atomic mass is 32.1. The number of piperidine rings is 1. The molecule has 0 amide bonds. The molecule has 0 aliphatic carbocycles. The van der Waals surface area contributed by atoms with Crippen LogP contribution in [-0.2, 0) is 5.41 Å². The Morgan fingerprint density at radius 1 is 0.920 bits per heavy atom. The molecule has 2 nitrogen and oxygen atoms in total. The Hall–Kier alpha value is -1.71. The molecule has 1 unspecified atom stereocenters. The second kappa shape index (κ2) is 7.27. The third kappa shape index (κ3) is 3.23. The summed E-state index contributed by atoms with van der Waals surface area (Å²) in [5.41, 5.74) is 3.99. The van der Waals surface area contributed by atoms with Crippen LogP contribution in [0.2, 0.25) is 0 Å². The first-order valence-electron chi connectivity index (χ1n) is 9.45. The lowest BCUT2D eigenvalue weighted by Crippen LogP contribution is -2.49. The van der Waals surface area contributed by atoms with Crippen molar-refractivity contribution in [3.05, 3.63) is 71.3 Å². The summed E-state index contributed by atoms with van der Waals surface area (Å²) in [5, 5.41) is 3.53. The van der Waals surface area contributed by atoms with Gasteiger partial charge in [0.2, 0.25) is 0 Å². The number of rotatable bonds is 4. The van der Waals surface area contributed by atoms with Crippen molar-refractivity contribution >= 4 is 17.2 Å². The first-order valence-corrected chi connectivity index (χ1v) is 9.86. The van der Waals surface area contributed by atoms with Gasteiger partial charge < -0.3 is 10.2 Å². The van der Waals surface area contributed by atoms with Gasteiger partial charge in [0.15, 0.2) is 0 Å². The molecule has 0 aromatic heterocycles. The Labute approximate surface area is 156 Å². The second-order valence-electron chi connectivity index (χ2n) is 7.33. The Bertz CT molecular complexity index is 737. The number of likely N-dealkylation sites (tertiary alicyclic amines) is 1. The highest BCUT2D eigenvalue weighted by molar-refractivity contribution is 7.80. The van der Waals surface area contributed by atoms with Crippen molar-refractivity contribution in [2.24, 2.45) is 0 Å². The van der Waals surface area contributed by atoms with Gasteiger partial charge in [-0.3, -0.25) is 0 Å². The van der Waals surface area contributed by atoms with E-state index >= 15 is 0 Å². The number of hydrogen-bond donors (Lipinski definition) is 1. The maximum Gasteiger partial charge on any atom is 0.106 e. The quantitative estimate of drug-likeness (QED) is 0.835. The summed E-state index contributed by atoms with van der Waals surface area (Å²) in [6.07, 6.45) is 5.21. The zero-order chi connectivity index (χ0) is 17.1. The SMILES string of the molecule is S=C1NCC(CCN2CCCCC2)(c2ccccc2)c2ccccc21. The summed E-state index contributed by atoms with van der Waals surface area (Å²) < 4.78 is 0. The predicted octanol–water partition coefficient (Wildman–Crippen LogP) is 4.13. The van der Waals surface area contributed by atoms with Gasteiger partial charge in [-0.1, -0.05) is 73.2 Å². The van der Waals surface area contributed by atoms with Gasteiger partial charge in [0.1, 0.15) is 4.99 Å². The fraction of sp³-hybridized carbons (Fsp3) is 0.409. The molecule has 1 fully saturated rings. The average molecular weight is 351 g/mol. The number of nitrogens with one attached hydrogen (secondary N) is 1. The molecule has 2 aromatic rings. The molecule has 25 heavy (non-hydrogen) atoms. The van der Waals surface area contributed by atoms with Gasteiger partial charge in [0.05, 0.1) is 0 Å². The molecule has 1 N–H and O–H groups in total. The van der Waals surface area contributed by atoms with Gasteiger partial charge in [0.25, 0.3) is 0 Å². The molecule has 1 atom stereocenters. The van der Waals surface area contributed by atoms with Crippen LogP contribution < -0.4 is 5.32 Å². The summed E-state index contributed by atoms with van der Waals surface area (Å²) in [6.45, 7) is 4.54. The van der Waals surface area contributed by atoms with Crippen LogP contribution in [0.25, 0.3) is 0 Å². The van der Waals surface area contributed by atoms with Crippen molar-refractivity contribution in [3.8, 4) is 0 Å². The lowest BCUT2D eigenvalue weighted by Gasteiger charge is -2.42. The van der Waals surface area contributed by atoms with Gasteiger partial charge in [-0.15, -0.1) is 0 Å². The standard InChI is InChI=1S/C22H26N2S/c25-21-19-11-5-6-12-20(19)22(17-23-21,18-9-3-1-4-10-18)13-16-24-14-7-2-8-15-24/h1,3-6,9-12H,2,7-8,13-17H2,(H,23,25). The zero-order valence-corrected chi connectivity index (χ0v) is 15.5. The number of fused-ring (bicyclic) bond motifs is 1. The third-order valence-electron chi connectivity index (χ3n) is 5.87.